The van der Waals surface area contributed by atoms with Gasteiger partial charge in [0.25, 0.3) is 0 Å². The third-order valence-corrected chi connectivity index (χ3v) is 2.30. The van der Waals surface area contributed by atoms with Crippen LogP contribution >= 0.6 is 0 Å². The molecule has 0 heteroatoms. The first kappa shape index (κ1) is 7.43. The summed E-state index contributed by atoms with van der Waals surface area (Å²) in [5, 5.41) is 0. The molecule has 0 saturated heterocycles. The van der Waals surface area contributed by atoms with Crippen LogP contribution in [-0.2, 0) is 0 Å². The zero-order chi connectivity index (χ0) is 8.23. The summed E-state index contributed by atoms with van der Waals surface area (Å²) in [4.78, 5) is 0. The predicted molar refractivity (Wildman–Crippen MR) is 50.7 cm³/mol. The number of benzene rings is 1. The van der Waals surface area contributed by atoms with Gasteiger partial charge in [-0.05, 0) is 25.0 Å². The van der Waals surface area contributed by atoms with Crippen LogP contribution in [0.15, 0.2) is 30.3 Å². The van der Waals surface area contributed by atoms with Crippen LogP contribution in [0, 0.1) is 17.8 Å². The van der Waals surface area contributed by atoms with Crippen molar-refractivity contribution in [2.45, 2.75) is 19.3 Å². The molecule has 1 aliphatic carbocycles. The van der Waals surface area contributed by atoms with Crippen molar-refractivity contribution < 1.29 is 0 Å². The molecular formula is C12H12. The molecule has 0 unspecified atom stereocenters. The molecule has 0 heterocycles. The van der Waals surface area contributed by atoms with E-state index in [0.717, 1.165) is 5.56 Å². The van der Waals surface area contributed by atoms with Crippen molar-refractivity contribution in [1.82, 2.24) is 0 Å². The van der Waals surface area contributed by atoms with E-state index >= 15 is 0 Å². The highest BCUT2D eigenvalue weighted by Crippen LogP contribution is 2.25. The van der Waals surface area contributed by atoms with Crippen molar-refractivity contribution in [3.63, 3.8) is 0 Å². The van der Waals surface area contributed by atoms with Gasteiger partial charge in [-0.3, -0.25) is 0 Å². The number of hydrogen-bond donors (Lipinski definition) is 0. The van der Waals surface area contributed by atoms with Gasteiger partial charge in [-0.25, -0.2) is 0 Å². The standard InChI is InChI=1S/C12H12/c1-2-5-11(6-3-1)9-10-12-7-4-8-12/h1-3,5-6,12H,4,7-8H2. The molecule has 0 nitrogen and oxygen atoms in total. The van der Waals surface area contributed by atoms with E-state index in [2.05, 4.69) is 24.0 Å². The van der Waals surface area contributed by atoms with Crippen molar-refractivity contribution >= 4 is 0 Å². The predicted octanol–water partition coefficient (Wildman–Crippen LogP) is 2.84. The normalized spacial score (nSPS) is 16.0. The third kappa shape index (κ3) is 1.68. The highest BCUT2D eigenvalue weighted by atomic mass is 14.2. The van der Waals surface area contributed by atoms with Crippen molar-refractivity contribution in [2.24, 2.45) is 5.92 Å². The summed E-state index contributed by atoms with van der Waals surface area (Å²) < 4.78 is 0. The van der Waals surface area contributed by atoms with E-state index in [-0.39, 0.29) is 0 Å². The molecule has 2 rings (SSSR count). The van der Waals surface area contributed by atoms with Gasteiger partial charge in [0.1, 0.15) is 0 Å². The molecule has 60 valence electrons. The van der Waals surface area contributed by atoms with E-state index < -0.39 is 0 Å². The molecule has 1 saturated carbocycles. The Labute approximate surface area is 73.6 Å². The average molecular weight is 156 g/mol. The molecule has 12 heavy (non-hydrogen) atoms. The molecule has 0 spiro atoms. The Hall–Kier alpha value is -1.22. The Balaban J connectivity index is 2.05. The van der Waals surface area contributed by atoms with Crippen LogP contribution in [-0.4, -0.2) is 0 Å². The van der Waals surface area contributed by atoms with Crippen LogP contribution in [0.25, 0.3) is 0 Å². The molecule has 0 aromatic heterocycles. The fourth-order valence-corrected chi connectivity index (χ4v) is 1.26. The van der Waals surface area contributed by atoms with Gasteiger partial charge in [0.15, 0.2) is 0 Å². The maximum Gasteiger partial charge on any atom is 0.0245 e. The van der Waals surface area contributed by atoms with E-state index in [1.807, 2.05) is 18.2 Å². The maximum atomic E-state index is 3.29. The zero-order valence-electron chi connectivity index (χ0n) is 7.09. The largest absolute Gasteiger partial charge is 0.0945 e. The first-order chi connectivity index (χ1) is 5.95. The van der Waals surface area contributed by atoms with Crippen LogP contribution in [0.1, 0.15) is 24.8 Å². The fraction of sp³-hybridized carbons (Fsp3) is 0.333. The summed E-state index contributed by atoms with van der Waals surface area (Å²) in [5.41, 5.74) is 1.14. The van der Waals surface area contributed by atoms with Gasteiger partial charge >= 0.3 is 0 Å². The molecular weight excluding hydrogens is 144 g/mol. The topological polar surface area (TPSA) is 0 Å². The van der Waals surface area contributed by atoms with E-state index in [1.165, 1.54) is 19.3 Å². The minimum Gasteiger partial charge on any atom is -0.0945 e. The van der Waals surface area contributed by atoms with Crippen molar-refractivity contribution in [3.05, 3.63) is 35.9 Å². The van der Waals surface area contributed by atoms with Crippen LogP contribution < -0.4 is 0 Å². The highest BCUT2D eigenvalue weighted by Gasteiger charge is 2.13. The van der Waals surface area contributed by atoms with Gasteiger partial charge in [0, 0.05) is 11.5 Å². The van der Waals surface area contributed by atoms with E-state index in [1.54, 1.807) is 0 Å². The lowest BCUT2D eigenvalue weighted by Gasteiger charge is -2.18. The Kier molecular flexibility index (Phi) is 2.14. The van der Waals surface area contributed by atoms with Crippen LogP contribution in [0.3, 0.4) is 0 Å². The average Bonchev–Trinajstić information content (AvgIpc) is 2.04. The molecule has 1 fully saturated rings. The second-order valence-corrected chi connectivity index (χ2v) is 3.26. The molecule has 1 aromatic rings. The van der Waals surface area contributed by atoms with Crippen molar-refractivity contribution in [1.29, 1.82) is 0 Å². The molecule has 0 bridgehead atoms. The second kappa shape index (κ2) is 3.45. The lowest BCUT2D eigenvalue weighted by atomic mass is 9.86. The monoisotopic (exact) mass is 156 g/mol. The number of rotatable bonds is 0. The second-order valence-electron chi connectivity index (χ2n) is 3.26. The zero-order valence-corrected chi connectivity index (χ0v) is 7.09. The molecule has 0 aliphatic heterocycles. The summed E-state index contributed by atoms with van der Waals surface area (Å²) in [5.74, 6) is 7.17. The summed E-state index contributed by atoms with van der Waals surface area (Å²) >= 11 is 0. The first-order valence-electron chi connectivity index (χ1n) is 4.52. The van der Waals surface area contributed by atoms with Gasteiger partial charge in [-0.1, -0.05) is 36.5 Å². The Morgan fingerprint density at radius 3 is 2.42 bits per heavy atom. The molecule has 0 N–H and O–H groups in total. The summed E-state index contributed by atoms with van der Waals surface area (Å²) in [6.45, 7) is 0. The lowest BCUT2D eigenvalue weighted by molar-refractivity contribution is 0.401. The van der Waals surface area contributed by atoms with Crippen molar-refractivity contribution in [3.8, 4) is 11.8 Å². The van der Waals surface area contributed by atoms with Gasteiger partial charge in [-0.15, -0.1) is 0 Å². The van der Waals surface area contributed by atoms with Crippen LogP contribution in [0.5, 0.6) is 0 Å². The Morgan fingerprint density at radius 2 is 1.83 bits per heavy atom. The van der Waals surface area contributed by atoms with Gasteiger partial charge in [0.2, 0.25) is 0 Å². The van der Waals surface area contributed by atoms with Crippen LogP contribution in [0.2, 0.25) is 0 Å². The van der Waals surface area contributed by atoms with E-state index in [0.29, 0.717) is 5.92 Å². The minimum absolute atomic E-state index is 0.685. The smallest absolute Gasteiger partial charge is 0.0245 e. The van der Waals surface area contributed by atoms with Gasteiger partial charge < -0.3 is 0 Å². The fourth-order valence-electron chi connectivity index (χ4n) is 1.26. The van der Waals surface area contributed by atoms with E-state index in [9.17, 15) is 0 Å². The molecule has 0 radical (unpaired) electrons. The highest BCUT2D eigenvalue weighted by molar-refractivity contribution is 5.34. The van der Waals surface area contributed by atoms with Gasteiger partial charge in [-0.2, -0.15) is 0 Å². The molecule has 0 atom stereocenters. The molecule has 1 aliphatic rings. The summed E-state index contributed by atoms with van der Waals surface area (Å²) in [6, 6.07) is 10.2. The maximum absolute atomic E-state index is 3.29. The van der Waals surface area contributed by atoms with Crippen LogP contribution in [0.4, 0.5) is 0 Å². The molecule has 0 amide bonds. The van der Waals surface area contributed by atoms with Crippen molar-refractivity contribution in [2.75, 3.05) is 0 Å². The Bertz CT molecular complexity index is 296. The number of hydrogen-bond acceptors (Lipinski definition) is 0. The quantitative estimate of drug-likeness (QED) is 0.507. The first-order valence-corrected chi connectivity index (χ1v) is 4.52. The summed E-state index contributed by atoms with van der Waals surface area (Å²) in [6.07, 6.45) is 3.98. The summed E-state index contributed by atoms with van der Waals surface area (Å²) in [7, 11) is 0. The third-order valence-electron chi connectivity index (χ3n) is 2.30. The Morgan fingerprint density at radius 1 is 1.08 bits per heavy atom. The lowest BCUT2D eigenvalue weighted by Crippen LogP contribution is -2.07. The SMILES string of the molecule is C(#CC1CCC1)c1ccccc1. The van der Waals surface area contributed by atoms with E-state index in [4.69, 9.17) is 0 Å². The minimum atomic E-state index is 0.685. The molecule has 1 aromatic carbocycles. The van der Waals surface area contributed by atoms with Gasteiger partial charge in [0.05, 0.1) is 0 Å².